The summed E-state index contributed by atoms with van der Waals surface area (Å²) >= 11 is 16.8. The Morgan fingerprint density at radius 3 is 2.75 bits per heavy atom. The molecule has 0 bridgehead atoms. The largest absolute Gasteiger partial charge is 0.331 e. The summed E-state index contributed by atoms with van der Waals surface area (Å²) in [5, 5.41) is 6.24. The predicted octanol–water partition coefficient (Wildman–Crippen LogP) is 3.52. The van der Waals surface area contributed by atoms with Crippen LogP contribution in [0.5, 0.6) is 0 Å². The Morgan fingerprint density at radius 1 is 1.25 bits per heavy atom. The summed E-state index contributed by atoms with van der Waals surface area (Å²) in [6.07, 6.45) is 3.23. The van der Waals surface area contributed by atoms with Crippen LogP contribution in [0.3, 0.4) is 0 Å². The van der Waals surface area contributed by atoms with Crippen LogP contribution < -0.4 is 10.6 Å². The number of anilines is 1. The number of thiocarbonyl (C=S) groups is 1. The molecule has 1 heterocycles. The van der Waals surface area contributed by atoms with E-state index in [1.54, 1.807) is 36.7 Å². The maximum atomic E-state index is 12.0. The average molecular weight is 326 g/mol. The van der Waals surface area contributed by atoms with Gasteiger partial charge in [-0.1, -0.05) is 23.2 Å². The molecule has 1 aromatic heterocycles. The highest BCUT2D eigenvalue weighted by atomic mass is 35.5. The van der Waals surface area contributed by atoms with Crippen LogP contribution in [-0.2, 0) is 0 Å². The Labute approximate surface area is 131 Å². The van der Waals surface area contributed by atoms with Crippen molar-refractivity contribution < 1.29 is 4.79 Å². The van der Waals surface area contributed by atoms with Crippen molar-refractivity contribution >= 4 is 52.1 Å². The first kappa shape index (κ1) is 14.7. The van der Waals surface area contributed by atoms with E-state index >= 15 is 0 Å². The third-order valence-corrected chi connectivity index (χ3v) is 3.09. The fourth-order valence-electron chi connectivity index (χ4n) is 1.44. The molecule has 20 heavy (non-hydrogen) atoms. The minimum absolute atomic E-state index is 0.152. The molecular weight excluding hydrogens is 317 g/mol. The molecule has 1 amide bonds. The van der Waals surface area contributed by atoms with E-state index in [1.165, 1.54) is 6.07 Å². The molecule has 0 spiro atoms. The maximum Gasteiger partial charge on any atom is 0.258 e. The van der Waals surface area contributed by atoms with Crippen molar-refractivity contribution in [3.8, 4) is 0 Å². The van der Waals surface area contributed by atoms with Crippen molar-refractivity contribution in [2.75, 3.05) is 5.32 Å². The SMILES string of the molecule is O=C(NC(=S)Nc1cccnc1)c1cc(Cl)ccc1Cl. The van der Waals surface area contributed by atoms with Gasteiger partial charge in [-0.2, -0.15) is 0 Å². The van der Waals surface area contributed by atoms with Crippen molar-refractivity contribution in [2.45, 2.75) is 0 Å². The van der Waals surface area contributed by atoms with Crippen molar-refractivity contribution in [2.24, 2.45) is 0 Å². The summed E-state index contributed by atoms with van der Waals surface area (Å²) in [5.74, 6) is -0.432. The molecule has 0 aliphatic heterocycles. The zero-order valence-electron chi connectivity index (χ0n) is 10.1. The fourth-order valence-corrected chi connectivity index (χ4v) is 2.03. The number of hydrogen-bond donors (Lipinski definition) is 2. The Kier molecular flexibility index (Phi) is 4.89. The molecule has 0 aliphatic rings. The van der Waals surface area contributed by atoms with Crippen LogP contribution in [0.25, 0.3) is 0 Å². The standard InChI is InChI=1S/C13H9Cl2N3OS/c14-8-3-4-11(15)10(6-8)12(19)18-13(20)17-9-2-1-5-16-7-9/h1-7H,(H2,17,18,19,20). The van der Waals surface area contributed by atoms with Crippen molar-refractivity contribution in [1.82, 2.24) is 10.3 Å². The molecule has 1 aromatic carbocycles. The third-order valence-electron chi connectivity index (χ3n) is 2.32. The molecule has 0 atom stereocenters. The Hall–Kier alpha value is -1.69. The number of halogens is 2. The second-order valence-electron chi connectivity index (χ2n) is 3.77. The van der Waals surface area contributed by atoms with Gasteiger partial charge in [0, 0.05) is 11.2 Å². The van der Waals surface area contributed by atoms with Crippen LogP contribution in [-0.4, -0.2) is 16.0 Å². The normalized spacial score (nSPS) is 9.90. The lowest BCUT2D eigenvalue weighted by Crippen LogP contribution is -2.34. The minimum Gasteiger partial charge on any atom is -0.331 e. The van der Waals surface area contributed by atoms with Crippen molar-refractivity contribution in [1.29, 1.82) is 0 Å². The van der Waals surface area contributed by atoms with Gasteiger partial charge in [0.15, 0.2) is 5.11 Å². The number of benzene rings is 1. The summed E-state index contributed by atoms with van der Waals surface area (Å²) < 4.78 is 0. The van der Waals surface area contributed by atoms with Gasteiger partial charge in [-0.25, -0.2) is 0 Å². The van der Waals surface area contributed by atoms with Crippen LogP contribution in [0.15, 0.2) is 42.7 Å². The highest BCUT2D eigenvalue weighted by Gasteiger charge is 2.12. The van der Waals surface area contributed by atoms with Crippen molar-refractivity contribution in [3.63, 3.8) is 0 Å². The van der Waals surface area contributed by atoms with Crippen molar-refractivity contribution in [3.05, 3.63) is 58.3 Å². The van der Waals surface area contributed by atoms with Crippen LogP contribution in [0.2, 0.25) is 10.0 Å². The van der Waals surface area contributed by atoms with E-state index in [0.717, 1.165) is 0 Å². The number of rotatable bonds is 2. The highest BCUT2D eigenvalue weighted by Crippen LogP contribution is 2.20. The molecule has 4 nitrogen and oxygen atoms in total. The zero-order valence-corrected chi connectivity index (χ0v) is 12.4. The summed E-state index contributed by atoms with van der Waals surface area (Å²) in [7, 11) is 0. The number of carbonyl (C=O) groups excluding carboxylic acids is 1. The number of aromatic nitrogens is 1. The Balaban J connectivity index is 2.04. The maximum absolute atomic E-state index is 12.0. The van der Waals surface area contributed by atoms with E-state index in [2.05, 4.69) is 15.6 Å². The van der Waals surface area contributed by atoms with Gasteiger partial charge in [0.05, 0.1) is 22.5 Å². The molecule has 0 radical (unpaired) electrons. The number of nitrogens with one attached hydrogen (secondary N) is 2. The second-order valence-corrected chi connectivity index (χ2v) is 5.03. The number of pyridine rings is 1. The van der Waals surface area contributed by atoms with Gasteiger partial charge in [-0.15, -0.1) is 0 Å². The summed E-state index contributed by atoms with van der Waals surface area (Å²) in [4.78, 5) is 15.9. The molecule has 7 heteroatoms. The topological polar surface area (TPSA) is 54.0 Å². The molecule has 102 valence electrons. The first-order valence-corrected chi connectivity index (χ1v) is 6.70. The van der Waals surface area contributed by atoms with E-state index in [4.69, 9.17) is 35.4 Å². The predicted molar refractivity (Wildman–Crippen MR) is 84.4 cm³/mol. The molecule has 0 saturated carbocycles. The van der Waals surface area contributed by atoms with Crippen LogP contribution in [0.4, 0.5) is 5.69 Å². The molecule has 2 aromatic rings. The molecule has 0 unspecified atom stereocenters. The van der Waals surface area contributed by atoms with Gasteiger partial charge in [-0.3, -0.25) is 15.1 Å². The molecule has 0 fully saturated rings. The van der Waals surface area contributed by atoms with E-state index in [-0.39, 0.29) is 10.7 Å². The van der Waals surface area contributed by atoms with E-state index < -0.39 is 5.91 Å². The molecule has 0 saturated heterocycles. The molecule has 2 N–H and O–H groups in total. The number of nitrogens with zero attached hydrogens (tertiary/aromatic N) is 1. The number of hydrogen-bond acceptors (Lipinski definition) is 3. The monoisotopic (exact) mass is 325 g/mol. The van der Waals surface area contributed by atoms with E-state index in [0.29, 0.717) is 15.7 Å². The van der Waals surface area contributed by atoms with Gasteiger partial charge in [-0.05, 0) is 42.5 Å². The summed E-state index contributed by atoms with van der Waals surface area (Å²) in [6, 6.07) is 8.16. The van der Waals surface area contributed by atoms with Gasteiger partial charge >= 0.3 is 0 Å². The first-order chi connectivity index (χ1) is 9.56. The molecule has 2 rings (SSSR count). The summed E-state index contributed by atoms with van der Waals surface area (Å²) in [6.45, 7) is 0. The van der Waals surface area contributed by atoms with Crippen LogP contribution in [0, 0.1) is 0 Å². The third kappa shape index (κ3) is 3.90. The Bertz CT molecular complexity index is 649. The average Bonchev–Trinajstić information content (AvgIpc) is 2.42. The summed E-state index contributed by atoms with van der Waals surface area (Å²) in [5.41, 5.74) is 0.935. The lowest BCUT2D eigenvalue weighted by atomic mass is 10.2. The minimum atomic E-state index is -0.432. The lowest BCUT2D eigenvalue weighted by Gasteiger charge is -2.10. The fraction of sp³-hybridized carbons (Fsp3) is 0. The first-order valence-electron chi connectivity index (χ1n) is 5.53. The highest BCUT2D eigenvalue weighted by molar-refractivity contribution is 7.80. The number of amides is 1. The zero-order chi connectivity index (χ0) is 14.5. The van der Waals surface area contributed by atoms with Gasteiger partial charge in [0.1, 0.15) is 0 Å². The van der Waals surface area contributed by atoms with Gasteiger partial charge in [0.25, 0.3) is 5.91 Å². The number of carbonyl (C=O) groups is 1. The smallest absolute Gasteiger partial charge is 0.258 e. The molecular formula is C13H9Cl2N3OS. The Morgan fingerprint density at radius 2 is 2.05 bits per heavy atom. The quantitative estimate of drug-likeness (QED) is 0.829. The second kappa shape index (κ2) is 6.65. The van der Waals surface area contributed by atoms with E-state index in [9.17, 15) is 4.79 Å². The van der Waals surface area contributed by atoms with E-state index in [1.807, 2.05) is 0 Å². The van der Waals surface area contributed by atoms with Gasteiger partial charge < -0.3 is 5.32 Å². The molecule has 0 aliphatic carbocycles. The van der Waals surface area contributed by atoms with Crippen LogP contribution >= 0.6 is 35.4 Å². The van der Waals surface area contributed by atoms with Crippen LogP contribution in [0.1, 0.15) is 10.4 Å². The lowest BCUT2D eigenvalue weighted by molar-refractivity contribution is 0.0978. The van der Waals surface area contributed by atoms with Gasteiger partial charge in [0.2, 0.25) is 0 Å².